The number of aromatic hydroxyl groups is 1. The first kappa shape index (κ1) is 15.0. The fourth-order valence-corrected chi connectivity index (χ4v) is 3.27. The second kappa shape index (κ2) is 6.78. The fraction of sp³-hybridized carbons (Fsp3) is 0.500. The average Bonchev–Trinajstić information content (AvgIpc) is 2.28. The van der Waals surface area contributed by atoms with E-state index in [0.717, 1.165) is 0 Å². The molecular weight excluding hydrogens is 255 g/mol. The molecule has 0 saturated heterocycles. The second-order valence-electron chi connectivity index (χ2n) is 3.64. The van der Waals surface area contributed by atoms with Crippen LogP contribution in [-0.2, 0) is 19.8 Å². The number of methoxy groups -OCH3 is 1. The van der Waals surface area contributed by atoms with Gasteiger partial charge in [0.2, 0.25) is 0 Å². The Kier molecular flexibility index (Phi) is 5.66. The molecule has 102 valence electrons. The molecule has 0 saturated carbocycles. The molecule has 5 nitrogen and oxygen atoms in total. The van der Waals surface area contributed by atoms with E-state index >= 15 is 0 Å². The van der Waals surface area contributed by atoms with Gasteiger partial charge in [0.15, 0.2) is 0 Å². The molecule has 0 spiro atoms. The number of benzene rings is 1. The van der Waals surface area contributed by atoms with Crippen LogP contribution in [0.5, 0.6) is 11.5 Å². The van der Waals surface area contributed by atoms with E-state index in [0.29, 0.717) is 24.5 Å². The highest BCUT2D eigenvalue weighted by Crippen LogP contribution is 2.51. The number of phenols is 1. The molecule has 0 aromatic heterocycles. The first-order chi connectivity index (χ1) is 8.53. The minimum atomic E-state index is -3.16. The monoisotopic (exact) mass is 274 g/mol. The summed E-state index contributed by atoms with van der Waals surface area (Å²) in [5.74, 6) is 0.563. The van der Waals surface area contributed by atoms with Crippen molar-refractivity contribution in [3.05, 3.63) is 23.8 Å². The van der Waals surface area contributed by atoms with E-state index in [-0.39, 0.29) is 11.9 Å². The Labute approximate surface area is 107 Å². The molecule has 0 heterocycles. The van der Waals surface area contributed by atoms with Gasteiger partial charge < -0.3 is 18.9 Å². The summed E-state index contributed by atoms with van der Waals surface area (Å²) >= 11 is 0. The number of phenolic OH excluding ortho intramolecular Hbond substituents is 1. The van der Waals surface area contributed by atoms with Gasteiger partial charge in [-0.25, -0.2) is 0 Å². The summed E-state index contributed by atoms with van der Waals surface area (Å²) < 4.78 is 27.8. The van der Waals surface area contributed by atoms with E-state index in [9.17, 15) is 9.67 Å². The summed E-state index contributed by atoms with van der Waals surface area (Å²) in [6.45, 7) is 4.14. The van der Waals surface area contributed by atoms with Gasteiger partial charge in [-0.05, 0) is 31.5 Å². The zero-order valence-corrected chi connectivity index (χ0v) is 11.8. The summed E-state index contributed by atoms with van der Waals surface area (Å²) in [6, 6.07) is 4.70. The number of ether oxygens (including phenoxy) is 1. The van der Waals surface area contributed by atoms with Crippen molar-refractivity contribution in [1.82, 2.24) is 0 Å². The van der Waals surface area contributed by atoms with Crippen LogP contribution in [0, 0.1) is 0 Å². The van der Waals surface area contributed by atoms with Crippen molar-refractivity contribution < 1.29 is 23.5 Å². The molecule has 1 rings (SSSR count). The van der Waals surface area contributed by atoms with Gasteiger partial charge in [0, 0.05) is 6.07 Å². The minimum Gasteiger partial charge on any atom is -0.508 e. The van der Waals surface area contributed by atoms with Crippen LogP contribution in [0.25, 0.3) is 0 Å². The quantitative estimate of drug-likeness (QED) is 0.774. The normalized spacial score (nSPS) is 11.5. The van der Waals surface area contributed by atoms with Crippen molar-refractivity contribution in [1.29, 1.82) is 0 Å². The van der Waals surface area contributed by atoms with Crippen LogP contribution in [-0.4, -0.2) is 25.4 Å². The molecular formula is C12H19O5P. The van der Waals surface area contributed by atoms with Crippen molar-refractivity contribution in [3.8, 4) is 11.5 Å². The Bertz CT molecular complexity index is 422. The Hall–Kier alpha value is -1.03. The van der Waals surface area contributed by atoms with Gasteiger partial charge in [-0.2, -0.15) is 0 Å². The zero-order valence-electron chi connectivity index (χ0n) is 10.9. The molecule has 1 aromatic rings. The highest BCUT2D eigenvalue weighted by atomic mass is 31.2. The van der Waals surface area contributed by atoms with E-state index in [1.807, 2.05) is 0 Å². The maximum Gasteiger partial charge on any atom is 0.335 e. The van der Waals surface area contributed by atoms with Gasteiger partial charge >= 0.3 is 7.60 Å². The highest BCUT2D eigenvalue weighted by Gasteiger charge is 2.24. The zero-order chi connectivity index (χ0) is 13.6. The number of rotatable bonds is 7. The van der Waals surface area contributed by atoms with Crippen LogP contribution in [0.2, 0.25) is 0 Å². The lowest BCUT2D eigenvalue weighted by atomic mass is 10.2. The van der Waals surface area contributed by atoms with E-state index in [1.165, 1.54) is 19.2 Å². The predicted octanol–water partition coefficient (Wildman–Crippen LogP) is 3.17. The first-order valence-electron chi connectivity index (χ1n) is 5.78. The average molecular weight is 274 g/mol. The maximum atomic E-state index is 12.3. The van der Waals surface area contributed by atoms with E-state index < -0.39 is 7.60 Å². The molecule has 1 N–H and O–H groups in total. The lowest BCUT2D eigenvalue weighted by Gasteiger charge is -2.17. The van der Waals surface area contributed by atoms with Gasteiger partial charge in [-0.1, -0.05) is 0 Å². The first-order valence-corrected chi connectivity index (χ1v) is 7.50. The van der Waals surface area contributed by atoms with Crippen LogP contribution in [0.3, 0.4) is 0 Å². The van der Waals surface area contributed by atoms with Gasteiger partial charge in [0.05, 0.1) is 26.5 Å². The summed E-state index contributed by atoms with van der Waals surface area (Å²) in [7, 11) is -1.65. The highest BCUT2D eigenvalue weighted by molar-refractivity contribution is 7.53. The maximum absolute atomic E-state index is 12.3. The Morgan fingerprint density at radius 1 is 1.17 bits per heavy atom. The van der Waals surface area contributed by atoms with Gasteiger partial charge in [0.25, 0.3) is 0 Å². The molecule has 0 unspecified atom stereocenters. The van der Waals surface area contributed by atoms with Crippen LogP contribution in [0.1, 0.15) is 19.4 Å². The third-order valence-electron chi connectivity index (χ3n) is 2.21. The predicted molar refractivity (Wildman–Crippen MR) is 69.2 cm³/mol. The Balaban J connectivity index is 2.93. The molecule has 0 aliphatic carbocycles. The molecule has 1 aromatic carbocycles. The summed E-state index contributed by atoms with van der Waals surface area (Å²) in [4.78, 5) is 0. The molecule has 0 aliphatic heterocycles. The van der Waals surface area contributed by atoms with Gasteiger partial charge in [-0.3, -0.25) is 4.57 Å². The summed E-state index contributed by atoms with van der Waals surface area (Å²) in [6.07, 6.45) is 0.111. The minimum absolute atomic E-state index is 0.0592. The molecule has 0 amide bonds. The summed E-state index contributed by atoms with van der Waals surface area (Å²) in [5, 5.41) is 9.53. The molecule has 0 radical (unpaired) electrons. The van der Waals surface area contributed by atoms with Gasteiger partial charge in [-0.15, -0.1) is 0 Å². The fourth-order valence-electron chi connectivity index (χ4n) is 1.60. The largest absolute Gasteiger partial charge is 0.508 e. The molecule has 6 heteroatoms. The van der Waals surface area contributed by atoms with Crippen LogP contribution in [0.15, 0.2) is 18.2 Å². The molecule has 0 bridgehead atoms. The van der Waals surface area contributed by atoms with Crippen molar-refractivity contribution in [3.63, 3.8) is 0 Å². The second-order valence-corrected chi connectivity index (χ2v) is 5.70. The lowest BCUT2D eigenvalue weighted by Crippen LogP contribution is -1.99. The Morgan fingerprint density at radius 3 is 2.28 bits per heavy atom. The lowest BCUT2D eigenvalue weighted by molar-refractivity contribution is 0.219. The third-order valence-corrected chi connectivity index (χ3v) is 4.27. The topological polar surface area (TPSA) is 65.0 Å². The third kappa shape index (κ3) is 4.33. The van der Waals surface area contributed by atoms with Crippen LogP contribution >= 0.6 is 7.60 Å². The van der Waals surface area contributed by atoms with Crippen LogP contribution in [0.4, 0.5) is 0 Å². The molecule has 18 heavy (non-hydrogen) atoms. The van der Waals surface area contributed by atoms with Crippen molar-refractivity contribution in [2.75, 3.05) is 20.3 Å². The standard InChI is InChI=1S/C12H19O5P/c1-4-16-18(14,17-5-2)9-10-6-11(13)8-12(7-10)15-3/h6-8,13H,4-5,9H2,1-3H3. The summed E-state index contributed by atoms with van der Waals surface area (Å²) in [5.41, 5.74) is 0.650. The van der Waals surface area contributed by atoms with Crippen molar-refractivity contribution in [2.45, 2.75) is 20.0 Å². The molecule has 0 aliphatic rings. The number of hydrogen-bond acceptors (Lipinski definition) is 5. The molecule has 0 atom stereocenters. The van der Waals surface area contributed by atoms with Crippen molar-refractivity contribution >= 4 is 7.60 Å². The van der Waals surface area contributed by atoms with Crippen molar-refractivity contribution in [2.24, 2.45) is 0 Å². The van der Waals surface area contributed by atoms with E-state index in [2.05, 4.69) is 0 Å². The smallest absolute Gasteiger partial charge is 0.335 e. The number of hydrogen-bond donors (Lipinski definition) is 1. The molecule has 0 fully saturated rings. The Morgan fingerprint density at radius 2 is 1.78 bits per heavy atom. The van der Waals surface area contributed by atoms with E-state index in [4.69, 9.17) is 13.8 Å². The SMILES string of the molecule is CCOP(=O)(Cc1cc(O)cc(OC)c1)OCC. The van der Waals surface area contributed by atoms with E-state index in [1.54, 1.807) is 19.9 Å². The van der Waals surface area contributed by atoms with Crippen LogP contribution < -0.4 is 4.74 Å². The van der Waals surface area contributed by atoms with Gasteiger partial charge in [0.1, 0.15) is 11.5 Å².